The van der Waals surface area contributed by atoms with E-state index < -0.39 is 28.5 Å². The number of nitro benzene ring substituents is 1. The van der Waals surface area contributed by atoms with Crippen LogP contribution >= 0.6 is 11.8 Å². The number of carbonyl (C=O) groups is 1. The minimum Gasteiger partial charge on any atom is -0.335 e. The molecular formula is C17H16F2N2O3S. The fraction of sp³-hybridized carbons (Fsp3) is 0.235. The molecule has 0 saturated carbocycles. The van der Waals surface area contributed by atoms with Crippen LogP contribution in [0.3, 0.4) is 0 Å². The summed E-state index contributed by atoms with van der Waals surface area (Å²) in [4.78, 5) is 25.3. The number of rotatable bonds is 5. The summed E-state index contributed by atoms with van der Waals surface area (Å²) < 4.78 is 26.5. The van der Waals surface area contributed by atoms with E-state index in [1.807, 2.05) is 0 Å². The van der Waals surface area contributed by atoms with Crippen molar-refractivity contribution < 1.29 is 18.5 Å². The fourth-order valence-corrected chi connectivity index (χ4v) is 2.77. The number of nitro groups is 1. The van der Waals surface area contributed by atoms with Crippen LogP contribution in [0.1, 0.15) is 28.9 Å². The van der Waals surface area contributed by atoms with Gasteiger partial charge in [-0.1, -0.05) is 6.07 Å². The lowest BCUT2D eigenvalue weighted by atomic mass is 10.1. The molecule has 1 unspecified atom stereocenters. The van der Waals surface area contributed by atoms with E-state index >= 15 is 0 Å². The van der Waals surface area contributed by atoms with Gasteiger partial charge < -0.3 is 4.90 Å². The second-order valence-corrected chi connectivity index (χ2v) is 6.29. The third-order valence-corrected chi connectivity index (χ3v) is 4.68. The molecule has 132 valence electrons. The lowest BCUT2D eigenvalue weighted by Gasteiger charge is -2.25. The highest BCUT2D eigenvalue weighted by Gasteiger charge is 2.26. The summed E-state index contributed by atoms with van der Waals surface area (Å²) in [6, 6.07) is 7.08. The van der Waals surface area contributed by atoms with Crippen molar-refractivity contribution in [3.8, 4) is 0 Å². The standard InChI is InChI=1S/C17H16F2N2O3S/c1-10(11-4-6-14(18)15(19)8-11)20(2)17(22)13-9-12(25-3)5-7-16(13)21(23)24/h4-10H,1-3H3. The van der Waals surface area contributed by atoms with Gasteiger partial charge in [0.15, 0.2) is 11.6 Å². The largest absolute Gasteiger partial charge is 0.335 e. The number of carbonyl (C=O) groups excluding carboxylic acids is 1. The Morgan fingerprint density at radius 3 is 2.44 bits per heavy atom. The lowest BCUT2D eigenvalue weighted by molar-refractivity contribution is -0.385. The molecule has 0 aliphatic carbocycles. The van der Waals surface area contributed by atoms with Crippen molar-refractivity contribution in [2.75, 3.05) is 13.3 Å². The van der Waals surface area contributed by atoms with E-state index in [0.717, 1.165) is 12.1 Å². The maximum atomic E-state index is 13.4. The van der Waals surface area contributed by atoms with Crippen LogP contribution in [-0.4, -0.2) is 29.0 Å². The van der Waals surface area contributed by atoms with Crippen LogP contribution < -0.4 is 0 Å². The monoisotopic (exact) mass is 366 g/mol. The summed E-state index contributed by atoms with van der Waals surface area (Å²) in [5.41, 5.74) is 0.0411. The summed E-state index contributed by atoms with van der Waals surface area (Å²) in [6.07, 6.45) is 1.79. The van der Waals surface area contributed by atoms with E-state index in [4.69, 9.17) is 0 Å². The van der Waals surface area contributed by atoms with Gasteiger partial charge in [0.25, 0.3) is 11.6 Å². The summed E-state index contributed by atoms with van der Waals surface area (Å²) in [5.74, 6) is -2.56. The van der Waals surface area contributed by atoms with Crippen LogP contribution in [0.2, 0.25) is 0 Å². The van der Waals surface area contributed by atoms with Gasteiger partial charge in [0.1, 0.15) is 5.56 Å². The molecule has 2 rings (SSSR count). The summed E-state index contributed by atoms with van der Waals surface area (Å²) in [6.45, 7) is 1.63. The molecule has 0 radical (unpaired) electrons. The summed E-state index contributed by atoms with van der Waals surface area (Å²) in [7, 11) is 1.46. The molecule has 0 aliphatic heterocycles. The van der Waals surface area contributed by atoms with Gasteiger partial charge in [-0.3, -0.25) is 14.9 Å². The first-order valence-corrected chi connectivity index (χ1v) is 8.53. The molecule has 1 amide bonds. The first kappa shape index (κ1) is 18.9. The Kier molecular flexibility index (Phi) is 5.73. The van der Waals surface area contributed by atoms with Crippen LogP contribution in [0.15, 0.2) is 41.3 Å². The number of hydrogen-bond acceptors (Lipinski definition) is 4. The molecule has 0 bridgehead atoms. The Bertz CT molecular complexity index is 830. The van der Waals surface area contributed by atoms with Crippen LogP contribution in [-0.2, 0) is 0 Å². The van der Waals surface area contributed by atoms with Crippen molar-refractivity contribution in [1.29, 1.82) is 0 Å². The van der Waals surface area contributed by atoms with Crippen molar-refractivity contribution in [2.45, 2.75) is 17.9 Å². The molecule has 0 spiro atoms. The van der Waals surface area contributed by atoms with Crippen molar-refractivity contribution in [2.24, 2.45) is 0 Å². The van der Waals surface area contributed by atoms with Crippen molar-refractivity contribution in [3.05, 3.63) is 69.3 Å². The molecule has 5 nitrogen and oxygen atoms in total. The molecule has 2 aromatic carbocycles. The Labute approximate surface area is 147 Å². The number of halogens is 2. The average Bonchev–Trinajstić information content (AvgIpc) is 2.61. The van der Waals surface area contributed by atoms with Crippen molar-refractivity contribution in [1.82, 2.24) is 4.90 Å². The van der Waals surface area contributed by atoms with Crippen molar-refractivity contribution in [3.63, 3.8) is 0 Å². The SMILES string of the molecule is CSc1ccc([N+](=O)[O-])c(C(=O)N(C)C(C)c2ccc(F)c(F)c2)c1. The van der Waals surface area contributed by atoms with Gasteiger partial charge in [0, 0.05) is 18.0 Å². The first-order chi connectivity index (χ1) is 11.8. The first-order valence-electron chi connectivity index (χ1n) is 7.30. The molecule has 25 heavy (non-hydrogen) atoms. The zero-order valence-electron chi connectivity index (χ0n) is 13.8. The number of thioether (sulfide) groups is 1. The number of benzene rings is 2. The highest BCUT2D eigenvalue weighted by molar-refractivity contribution is 7.98. The van der Waals surface area contributed by atoms with Gasteiger partial charge in [-0.05, 0) is 43.0 Å². The molecular weight excluding hydrogens is 350 g/mol. The number of nitrogens with zero attached hydrogens (tertiary/aromatic N) is 2. The van der Waals surface area contributed by atoms with Gasteiger partial charge in [-0.25, -0.2) is 8.78 Å². The van der Waals surface area contributed by atoms with Gasteiger partial charge in [0.05, 0.1) is 11.0 Å². The second-order valence-electron chi connectivity index (χ2n) is 5.41. The van der Waals surface area contributed by atoms with Gasteiger partial charge in [-0.15, -0.1) is 11.8 Å². The summed E-state index contributed by atoms with van der Waals surface area (Å²) in [5, 5.41) is 11.2. The molecule has 0 aromatic heterocycles. The maximum absolute atomic E-state index is 13.4. The maximum Gasteiger partial charge on any atom is 0.282 e. The topological polar surface area (TPSA) is 63.5 Å². The van der Waals surface area contributed by atoms with E-state index in [9.17, 15) is 23.7 Å². The van der Waals surface area contributed by atoms with E-state index in [-0.39, 0.29) is 11.3 Å². The third-order valence-electron chi connectivity index (χ3n) is 3.96. The van der Waals surface area contributed by atoms with E-state index in [1.54, 1.807) is 19.2 Å². The zero-order chi connectivity index (χ0) is 18.7. The van der Waals surface area contributed by atoms with Gasteiger partial charge in [0.2, 0.25) is 0 Å². The van der Waals surface area contributed by atoms with Crippen molar-refractivity contribution >= 4 is 23.4 Å². The summed E-state index contributed by atoms with van der Waals surface area (Å²) >= 11 is 1.36. The molecule has 0 fully saturated rings. The zero-order valence-corrected chi connectivity index (χ0v) is 14.6. The molecule has 2 aromatic rings. The Morgan fingerprint density at radius 1 is 1.20 bits per heavy atom. The normalized spacial score (nSPS) is 11.9. The highest BCUT2D eigenvalue weighted by atomic mass is 32.2. The van der Waals surface area contributed by atoms with Crippen LogP contribution in [0, 0.1) is 21.7 Å². The van der Waals surface area contributed by atoms with E-state index in [1.165, 1.54) is 41.9 Å². The molecule has 0 heterocycles. The smallest absolute Gasteiger partial charge is 0.282 e. The van der Waals surface area contributed by atoms with E-state index in [0.29, 0.717) is 10.5 Å². The lowest BCUT2D eigenvalue weighted by Crippen LogP contribution is -2.30. The predicted octanol–water partition coefficient (Wildman–Crippen LogP) is 4.43. The second kappa shape index (κ2) is 7.60. The Morgan fingerprint density at radius 2 is 1.88 bits per heavy atom. The Balaban J connectivity index is 2.38. The fourth-order valence-electron chi connectivity index (χ4n) is 2.33. The minimum absolute atomic E-state index is 0.0474. The van der Waals surface area contributed by atoms with Gasteiger partial charge in [-0.2, -0.15) is 0 Å². The quantitative estimate of drug-likeness (QED) is 0.446. The number of amides is 1. The molecule has 8 heteroatoms. The number of hydrogen-bond donors (Lipinski definition) is 0. The Hall–Kier alpha value is -2.48. The molecule has 1 atom stereocenters. The molecule has 0 saturated heterocycles. The third kappa shape index (κ3) is 3.96. The molecule has 0 aliphatic rings. The van der Waals surface area contributed by atoms with E-state index in [2.05, 4.69) is 0 Å². The van der Waals surface area contributed by atoms with Gasteiger partial charge >= 0.3 is 0 Å². The molecule has 0 N–H and O–H groups in total. The van der Waals surface area contributed by atoms with Crippen LogP contribution in [0.25, 0.3) is 0 Å². The van der Waals surface area contributed by atoms with Crippen LogP contribution in [0.5, 0.6) is 0 Å². The average molecular weight is 366 g/mol. The van der Waals surface area contributed by atoms with Crippen LogP contribution in [0.4, 0.5) is 14.5 Å². The minimum atomic E-state index is -1.01. The predicted molar refractivity (Wildman–Crippen MR) is 91.7 cm³/mol. The highest BCUT2D eigenvalue weighted by Crippen LogP contribution is 2.29.